The van der Waals surface area contributed by atoms with Crippen LogP contribution in [0.1, 0.15) is 53.0 Å². The number of rotatable bonds is 4. The second kappa shape index (κ2) is 5.34. The van der Waals surface area contributed by atoms with E-state index in [4.69, 9.17) is 5.21 Å². The molecular weight excluding hydrogens is 309 g/mol. The molecule has 0 radical (unpaired) electrons. The van der Waals surface area contributed by atoms with E-state index in [2.05, 4.69) is 10.2 Å². The third kappa shape index (κ3) is 2.21. The maximum absolute atomic E-state index is 15.5. The molecule has 4 rings (SSSR count). The zero-order valence-corrected chi connectivity index (χ0v) is 13.2. The van der Waals surface area contributed by atoms with E-state index in [1.54, 1.807) is 0 Å². The molecule has 2 N–H and O–H groups in total. The monoisotopic (exact) mass is 327 g/mol. The fourth-order valence-electron chi connectivity index (χ4n) is 3.65. The van der Waals surface area contributed by atoms with Crippen molar-refractivity contribution in [2.45, 2.75) is 43.2 Å². The van der Waals surface area contributed by atoms with Gasteiger partial charge in [-0.05, 0) is 42.5 Å². The van der Waals surface area contributed by atoms with Gasteiger partial charge in [0.05, 0.1) is 11.9 Å². The standard InChI is InChI=1S/C18H18FN3O2/c1-10-4-2-3-5-13(10)16-15(18(16,19)17(23)22-24)12-8-14(11-6-7-11)21-20-9-12/h2-5,8-9,11,15-16,24H,6-7H2,1H3,(H,22,23)/t15-,16-,18-/m1/s1. The molecule has 0 unspecified atom stereocenters. The first-order valence-corrected chi connectivity index (χ1v) is 8.09. The number of nitrogens with one attached hydrogen (secondary N) is 1. The molecular formula is C18H18FN3O2. The second-order valence-corrected chi connectivity index (χ2v) is 6.71. The molecule has 5 nitrogen and oxygen atoms in total. The smallest absolute Gasteiger partial charge is 0.282 e. The van der Waals surface area contributed by atoms with Crippen LogP contribution >= 0.6 is 0 Å². The average molecular weight is 327 g/mol. The zero-order valence-electron chi connectivity index (χ0n) is 13.2. The van der Waals surface area contributed by atoms with E-state index >= 15 is 4.39 Å². The summed E-state index contributed by atoms with van der Waals surface area (Å²) in [4.78, 5) is 12.0. The number of carbonyl (C=O) groups excluding carboxylic acids is 1. The molecule has 1 aromatic heterocycles. The third-order valence-corrected chi connectivity index (χ3v) is 5.15. The van der Waals surface area contributed by atoms with E-state index in [-0.39, 0.29) is 0 Å². The van der Waals surface area contributed by atoms with Crippen molar-refractivity contribution < 1.29 is 14.4 Å². The molecule has 124 valence electrons. The minimum Gasteiger partial charge on any atom is -0.289 e. The first kappa shape index (κ1) is 15.2. The Bertz CT molecular complexity index is 808. The lowest BCUT2D eigenvalue weighted by Crippen LogP contribution is -2.33. The molecule has 0 aliphatic heterocycles. The van der Waals surface area contributed by atoms with Crippen LogP contribution in [0.4, 0.5) is 4.39 Å². The molecule has 2 aliphatic rings. The number of aromatic nitrogens is 2. The fraction of sp³-hybridized carbons (Fsp3) is 0.389. The van der Waals surface area contributed by atoms with Crippen LogP contribution in [-0.2, 0) is 4.79 Å². The van der Waals surface area contributed by atoms with E-state index in [0.717, 1.165) is 29.7 Å². The van der Waals surface area contributed by atoms with Gasteiger partial charge in [0.15, 0.2) is 0 Å². The van der Waals surface area contributed by atoms with Gasteiger partial charge in [-0.1, -0.05) is 24.3 Å². The van der Waals surface area contributed by atoms with Gasteiger partial charge in [-0.3, -0.25) is 10.0 Å². The van der Waals surface area contributed by atoms with Crippen molar-refractivity contribution in [3.8, 4) is 0 Å². The molecule has 2 saturated carbocycles. The lowest BCUT2D eigenvalue weighted by Gasteiger charge is -2.07. The van der Waals surface area contributed by atoms with Crippen LogP contribution in [0, 0.1) is 6.92 Å². The van der Waals surface area contributed by atoms with Crippen LogP contribution in [0.5, 0.6) is 0 Å². The first-order valence-electron chi connectivity index (χ1n) is 8.09. The van der Waals surface area contributed by atoms with Gasteiger partial charge in [0.25, 0.3) is 5.91 Å². The molecule has 1 aromatic carbocycles. The zero-order chi connectivity index (χ0) is 16.9. The lowest BCUT2D eigenvalue weighted by molar-refractivity contribution is -0.136. The van der Waals surface area contributed by atoms with Gasteiger partial charge < -0.3 is 0 Å². The van der Waals surface area contributed by atoms with Crippen LogP contribution in [0.3, 0.4) is 0 Å². The Balaban J connectivity index is 1.76. The number of benzene rings is 1. The first-order chi connectivity index (χ1) is 11.6. The largest absolute Gasteiger partial charge is 0.289 e. The predicted molar refractivity (Wildman–Crippen MR) is 84.4 cm³/mol. The maximum atomic E-state index is 15.5. The van der Waals surface area contributed by atoms with Crippen molar-refractivity contribution in [1.82, 2.24) is 15.7 Å². The quantitative estimate of drug-likeness (QED) is 0.669. The summed E-state index contributed by atoms with van der Waals surface area (Å²) in [5.41, 5.74) is 2.52. The van der Waals surface area contributed by atoms with Crippen LogP contribution < -0.4 is 5.48 Å². The molecule has 0 saturated heterocycles. The highest BCUT2D eigenvalue weighted by Crippen LogP contribution is 2.66. The van der Waals surface area contributed by atoms with Crippen molar-refractivity contribution >= 4 is 5.91 Å². The molecule has 0 bridgehead atoms. The minimum atomic E-state index is -2.18. The number of aryl methyl sites for hydroxylation is 1. The third-order valence-electron chi connectivity index (χ3n) is 5.15. The van der Waals surface area contributed by atoms with Gasteiger partial charge >= 0.3 is 0 Å². The highest BCUT2D eigenvalue weighted by atomic mass is 19.1. The summed E-state index contributed by atoms with van der Waals surface area (Å²) >= 11 is 0. The summed E-state index contributed by atoms with van der Waals surface area (Å²) in [6, 6.07) is 9.28. The number of hydrogen-bond acceptors (Lipinski definition) is 4. The summed E-state index contributed by atoms with van der Waals surface area (Å²) in [5, 5.41) is 17.1. The van der Waals surface area contributed by atoms with Crippen LogP contribution in [-0.4, -0.2) is 27.0 Å². The molecule has 2 aliphatic carbocycles. The predicted octanol–water partition coefficient (Wildman–Crippen LogP) is 2.76. The van der Waals surface area contributed by atoms with E-state index in [9.17, 15) is 4.79 Å². The van der Waals surface area contributed by atoms with E-state index < -0.39 is 23.4 Å². The summed E-state index contributed by atoms with van der Waals surface area (Å²) in [5.74, 6) is -1.92. The van der Waals surface area contributed by atoms with Gasteiger partial charge in [-0.2, -0.15) is 10.2 Å². The number of hydroxylamine groups is 1. The summed E-state index contributed by atoms with van der Waals surface area (Å²) in [7, 11) is 0. The normalized spacial score (nSPS) is 28.5. The Kier molecular flexibility index (Phi) is 3.38. The SMILES string of the molecule is Cc1ccccc1[C@@H]1[C@@H](c2cnnc(C3CC3)c2)[C@]1(F)C(=O)NO. The van der Waals surface area contributed by atoms with Gasteiger partial charge in [-0.15, -0.1) is 0 Å². The maximum Gasteiger partial charge on any atom is 0.282 e. The molecule has 1 heterocycles. The van der Waals surface area contributed by atoms with Crippen LogP contribution in [0.2, 0.25) is 0 Å². The topological polar surface area (TPSA) is 75.1 Å². The number of carbonyl (C=O) groups is 1. The molecule has 0 spiro atoms. The molecule has 2 aromatic rings. The molecule has 2 fully saturated rings. The van der Waals surface area contributed by atoms with Crippen LogP contribution in [0.15, 0.2) is 36.5 Å². The fourth-order valence-corrected chi connectivity index (χ4v) is 3.65. The van der Waals surface area contributed by atoms with E-state index in [1.807, 2.05) is 37.3 Å². The second-order valence-electron chi connectivity index (χ2n) is 6.71. The Morgan fingerprint density at radius 1 is 1.33 bits per heavy atom. The van der Waals surface area contributed by atoms with Crippen molar-refractivity contribution in [2.75, 3.05) is 0 Å². The highest BCUT2D eigenvalue weighted by Gasteiger charge is 2.72. The summed E-state index contributed by atoms with van der Waals surface area (Å²) < 4.78 is 15.5. The molecule has 3 atom stereocenters. The average Bonchev–Trinajstić information content (AvgIpc) is 3.50. The van der Waals surface area contributed by atoms with Gasteiger partial charge in [-0.25, -0.2) is 9.87 Å². The van der Waals surface area contributed by atoms with E-state index in [1.165, 1.54) is 11.7 Å². The van der Waals surface area contributed by atoms with Gasteiger partial charge in [0.2, 0.25) is 5.67 Å². The minimum absolute atomic E-state index is 0.397. The molecule has 24 heavy (non-hydrogen) atoms. The highest BCUT2D eigenvalue weighted by molar-refractivity contribution is 5.92. The summed E-state index contributed by atoms with van der Waals surface area (Å²) in [6.07, 6.45) is 3.66. The number of alkyl halides is 1. The molecule has 6 heteroatoms. The van der Waals surface area contributed by atoms with Crippen molar-refractivity contribution in [1.29, 1.82) is 0 Å². The van der Waals surface area contributed by atoms with Crippen LogP contribution in [0.25, 0.3) is 0 Å². The summed E-state index contributed by atoms with van der Waals surface area (Å²) in [6.45, 7) is 1.89. The van der Waals surface area contributed by atoms with Crippen molar-refractivity contribution in [3.05, 3.63) is 58.9 Å². The Morgan fingerprint density at radius 3 is 2.75 bits per heavy atom. The number of hydrogen-bond donors (Lipinski definition) is 2. The molecule has 1 amide bonds. The van der Waals surface area contributed by atoms with Crippen molar-refractivity contribution in [2.24, 2.45) is 0 Å². The van der Waals surface area contributed by atoms with E-state index in [0.29, 0.717) is 11.5 Å². The Morgan fingerprint density at radius 2 is 2.08 bits per heavy atom. The van der Waals surface area contributed by atoms with Gasteiger partial charge in [0, 0.05) is 17.8 Å². The van der Waals surface area contributed by atoms with Gasteiger partial charge in [0.1, 0.15) is 0 Å². The number of halogens is 1. The van der Waals surface area contributed by atoms with Crippen molar-refractivity contribution in [3.63, 3.8) is 0 Å². The Labute approximate surface area is 138 Å². The lowest BCUT2D eigenvalue weighted by atomic mass is 10.0. The number of amides is 1. The Hall–Kier alpha value is -2.34. The number of nitrogens with zero attached hydrogens (tertiary/aromatic N) is 2.